The number of rotatable bonds is 18. The minimum atomic E-state index is -5.42. The van der Waals surface area contributed by atoms with E-state index in [1.54, 1.807) is 0 Å². The van der Waals surface area contributed by atoms with Gasteiger partial charge < -0.3 is 14.7 Å². The van der Waals surface area contributed by atoms with Gasteiger partial charge >= 0.3 is 16.5 Å². The monoisotopic (exact) mass is 1690 g/mol. The van der Waals surface area contributed by atoms with Crippen molar-refractivity contribution in [1.29, 1.82) is 0 Å². The molecule has 6 aromatic carbocycles. The van der Waals surface area contributed by atoms with E-state index in [2.05, 4.69) is 77.0 Å². The number of halogens is 9. The highest BCUT2D eigenvalue weighted by Gasteiger charge is 2.51. The molecule has 3 aliphatic heterocycles. The summed E-state index contributed by atoms with van der Waals surface area (Å²) in [6.07, 6.45) is 19.3. The minimum absolute atomic E-state index is 0.0431. The van der Waals surface area contributed by atoms with Gasteiger partial charge in [0, 0.05) is 96.3 Å². The predicted molar refractivity (Wildman–Crippen MR) is 437 cm³/mol. The molecule has 0 bridgehead atoms. The topological polar surface area (TPSA) is 173 Å². The van der Waals surface area contributed by atoms with Crippen molar-refractivity contribution in [2.24, 2.45) is 34.0 Å². The SMILES string of the molecule is CC(C)(C)[C@H]1CN(C(c2ccccc2)c2ccc(S(=O)(=O)C(F)(F)F)cc2)CCN1C(=O)CC1CCCCC1.CC(C)(C)[C@H]1CN(C(c2ccccc2)c2ccc(S(=O)(=O)C(F)(F)F)cc2)CCN1C(=O)CC1CCCCC1.CC(C)(C)[C@H]1CN(C(c2ccccc2)c2ccc(S(=O)(=O)C(F)(F)F)cc2)CCN1C(=O)CC1CCCCC1. The normalized spacial score (nSPS) is 21.1. The Hall–Kier alpha value is -7.17. The van der Waals surface area contributed by atoms with Crippen molar-refractivity contribution < 1.29 is 79.2 Å². The lowest BCUT2D eigenvalue weighted by atomic mass is 9.82. The average molecular weight is 1690 g/mol. The molecule has 117 heavy (non-hydrogen) atoms. The summed E-state index contributed by atoms with van der Waals surface area (Å²) in [5.41, 5.74) is -11.6. The molecule has 0 aromatic heterocycles. The van der Waals surface area contributed by atoms with Crippen LogP contribution in [0.4, 0.5) is 39.5 Å². The van der Waals surface area contributed by atoms with Crippen molar-refractivity contribution in [3.05, 3.63) is 197 Å². The van der Waals surface area contributed by atoms with Gasteiger partial charge in [0.25, 0.3) is 29.5 Å². The van der Waals surface area contributed by atoms with E-state index in [4.69, 9.17) is 0 Å². The Labute approximate surface area is 687 Å². The highest BCUT2D eigenvalue weighted by molar-refractivity contribution is 7.92. The maximum atomic E-state index is 13.5. The zero-order chi connectivity index (χ0) is 85.3. The van der Waals surface area contributed by atoms with E-state index in [0.717, 1.165) is 91.6 Å². The summed E-state index contributed by atoms with van der Waals surface area (Å²) in [5, 5.41) is 0. The molecule has 3 heterocycles. The lowest BCUT2D eigenvalue weighted by Gasteiger charge is -2.49. The molecule has 3 saturated heterocycles. The molecule has 15 nitrogen and oxygen atoms in total. The number of carbonyl (C=O) groups is 3. The van der Waals surface area contributed by atoms with Crippen molar-refractivity contribution in [3.8, 4) is 0 Å². The van der Waals surface area contributed by atoms with Crippen LogP contribution in [0, 0.1) is 34.0 Å². The van der Waals surface area contributed by atoms with Crippen LogP contribution in [-0.4, -0.2) is 166 Å². The van der Waals surface area contributed by atoms with E-state index in [-0.39, 0.29) is 70.2 Å². The molecule has 3 saturated carbocycles. The van der Waals surface area contributed by atoms with Gasteiger partial charge in [-0.15, -0.1) is 0 Å². The van der Waals surface area contributed by atoms with E-state index in [1.807, 2.05) is 106 Å². The third-order valence-corrected chi connectivity index (χ3v) is 29.1. The van der Waals surface area contributed by atoms with Crippen LogP contribution in [0.2, 0.25) is 0 Å². The van der Waals surface area contributed by atoms with Gasteiger partial charge in [-0.05, 0) is 142 Å². The second-order valence-electron chi connectivity index (χ2n) is 36.0. The first kappa shape index (κ1) is 92.1. The number of amides is 3. The maximum absolute atomic E-state index is 13.5. The molecule has 6 fully saturated rings. The molecule has 6 atom stereocenters. The Bertz CT molecular complexity index is 4120. The summed E-state index contributed by atoms with van der Waals surface area (Å²) in [6, 6.07) is 43.1. The number of alkyl halides is 9. The third kappa shape index (κ3) is 22.9. The Kier molecular flexibility index (Phi) is 30.1. The van der Waals surface area contributed by atoms with Crippen LogP contribution in [0.5, 0.6) is 0 Å². The smallest absolute Gasteiger partial charge is 0.337 e. The summed E-state index contributed by atoms with van der Waals surface area (Å²) in [4.78, 5) is 51.2. The Balaban J connectivity index is 0.000000185. The van der Waals surface area contributed by atoms with Gasteiger partial charge in [-0.25, -0.2) is 25.3 Å². The third-order valence-electron chi connectivity index (χ3n) is 24.6. The van der Waals surface area contributed by atoms with Crippen LogP contribution in [-0.2, 0) is 43.9 Å². The molecule has 6 aliphatic rings. The maximum Gasteiger partial charge on any atom is 0.501 e. The molecule has 3 unspecified atom stereocenters. The summed E-state index contributed by atoms with van der Waals surface area (Å²) in [5.74, 6) is 1.98. The molecule has 0 N–H and O–H groups in total. The highest BCUT2D eigenvalue weighted by Crippen LogP contribution is 2.44. The molecule has 3 aliphatic carbocycles. The highest BCUT2D eigenvalue weighted by atomic mass is 32.2. The van der Waals surface area contributed by atoms with Crippen LogP contribution in [0.25, 0.3) is 0 Å². The fourth-order valence-corrected chi connectivity index (χ4v) is 20.4. The van der Waals surface area contributed by atoms with Crippen LogP contribution in [0.3, 0.4) is 0 Å². The molecule has 27 heteroatoms. The van der Waals surface area contributed by atoms with Gasteiger partial charge in [0.15, 0.2) is 0 Å². The lowest BCUT2D eigenvalue weighted by molar-refractivity contribution is -0.142. The zero-order valence-corrected chi connectivity index (χ0v) is 71.3. The lowest BCUT2D eigenvalue weighted by Crippen LogP contribution is -2.60. The van der Waals surface area contributed by atoms with Crippen LogP contribution >= 0.6 is 0 Å². The molecular weight excluding hydrogens is 1580 g/mol. The first-order valence-electron chi connectivity index (χ1n) is 41.4. The number of piperazine rings is 3. The summed E-state index contributed by atoms with van der Waals surface area (Å²) in [7, 11) is -16.3. The number of hydrogen-bond acceptors (Lipinski definition) is 12. The number of hydrogen-bond donors (Lipinski definition) is 0. The predicted octanol–water partition coefficient (Wildman–Crippen LogP) is 19.8. The largest absolute Gasteiger partial charge is 0.501 e. The fourth-order valence-electron chi connectivity index (χ4n) is 18.1. The summed E-state index contributed by atoms with van der Waals surface area (Å²) in [6.45, 7) is 24.5. The summed E-state index contributed by atoms with van der Waals surface area (Å²) < 4.78 is 190. The molecule has 642 valence electrons. The molecular formula is C90H117F9N6O9S3. The minimum Gasteiger partial charge on any atom is -0.337 e. The van der Waals surface area contributed by atoms with Crippen molar-refractivity contribution >= 4 is 47.2 Å². The van der Waals surface area contributed by atoms with Crippen molar-refractivity contribution in [2.45, 2.75) is 245 Å². The van der Waals surface area contributed by atoms with Gasteiger partial charge in [0.05, 0.1) is 32.8 Å². The van der Waals surface area contributed by atoms with Crippen molar-refractivity contribution in [2.75, 3.05) is 58.9 Å². The standard InChI is InChI=1S/3C30H39F3N2O3S/c3*1-29(2,3)26-21-34(18-19-35(26)27(36)20-22-10-6-4-7-11-22)28(23-12-8-5-9-13-23)24-14-16-25(17-15-24)39(37,38)30(31,32)33/h3*5,8-9,12-17,22,26,28H,4,6-7,10-11,18-21H2,1-3H3/t3*26-,28?/m111/s1. The Morgan fingerprint density at radius 1 is 0.299 bits per heavy atom. The zero-order valence-electron chi connectivity index (χ0n) is 68.9. The molecule has 6 aromatic rings. The molecule has 0 spiro atoms. The molecule has 3 amide bonds. The van der Waals surface area contributed by atoms with Gasteiger partial charge in [-0.2, -0.15) is 39.5 Å². The molecule has 0 radical (unpaired) electrons. The first-order chi connectivity index (χ1) is 54.9. The van der Waals surface area contributed by atoms with Gasteiger partial charge in [-0.1, -0.05) is 247 Å². The van der Waals surface area contributed by atoms with Crippen LogP contribution in [0.1, 0.15) is 229 Å². The van der Waals surface area contributed by atoms with Crippen LogP contribution in [0.15, 0.2) is 178 Å². The quantitative estimate of drug-likeness (QED) is 0.0746. The van der Waals surface area contributed by atoms with Gasteiger partial charge in [0.1, 0.15) is 0 Å². The van der Waals surface area contributed by atoms with Crippen molar-refractivity contribution in [3.63, 3.8) is 0 Å². The fraction of sp³-hybridized carbons (Fsp3) is 0.567. The molecule has 12 rings (SSSR count). The number of nitrogens with zero attached hydrogens (tertiary/aromatic N) is 6. The average Bonchev–Trinajstić information content (AvgIpc) is 0.778. The first-order valence-corrected chi connectivity index (χ1v) is 45.8. The van der Waals surface area contributed by atoms with Gasteiger partial charge in [-0.3, -0.25) is 29.1 Å². The van der Waals surface area contributed by atoms with E-state index in [1.165, 1.54) is 94.2 Å². The Morgan fingerprint density at radius 3 is 0.684 bits per heavy atom. The van der Waals surface area contributed by atoms with Gasteiger partial charge in [0.2, 0.25) is 17.7 Å². The van der Waals surface area contributed by atoms with E-state index >= 15 is 0 Å². The summed E-state index contributed by atoms with van der Waals surface area (Å²) >= 11 is 0. The van der Waals surface area contributed by atoms with E-state index in [0.29, 0.717) is 113 Å². The van der Waals surface area contributed by atoms with Crippen molar-refractivity contribution in [1.82, 2.24) is 29.4 Å². The Morgan fingerprint density at radius 2 is 0.496 bits per heavy atom. The second kappa shape index (κ2) is 38.3. The van der Waals surface area contributed by atoms with Crippen LogP contribution < -0.4 is 0 Å². The van der Waals surface area contributed by atoms with E-state index in [9.17, 15) is 79.2 Å². The van der Waals surface area contributed by atoms with E-state index < -0.39 is 60.7 Å². The second-order valence-corrected chi connectivity index (χ2v) is 41.8. The number of sulfone groups is 3. The number of benzene rings is 6. The number of carbonyl (C=O) groups excluding carboxylic acids is 3.